The molecule has 4 rings (SSSR count). The Kier molecular flexibility index (Phi) is 4.47. The third-order valence-corrected chi connectivity index (χ3v) is 4.01. The smallest absolute Gasteiger partial charge is 0.252 e. The Morgan fingerprint density at radius 1 is 1.16 bits per heavy atom. The highest BCUT2D eigenvalue weighted by molar-refractivity contribution is 5.54. The zero-order valence-electron chi connectivity index (χ0n) is 14.0. The lowest BCUT2D eigenvalue weighted by Gasteiger charge is -1.99. The first-order chi connectivity index (χ1) is 12.3. The quantitative estimate of drug-likeness (QED) is 0.622. The summed E-state index contributed by atoms with van der Waals surface area (Å²) in [6.07, 6.45) is 4.58. The molecule has 25 heavy (non-hydrogen) atoms. The predicted molar refractivity (Wildman–Crippen MR) is 88.0 cm³/mol. The molecule has 0 spiro atoms. The van der Waals surface area contributed by atoms with E-state index in [9.17, 15) is 0 Å². The van der Waals surface area contributed by atoms with Crippen LogP contribution in [0.2, 0.25) is 0 Å². The number of ether oxygens (including phenoxy) is 2. The standard InChI is InChI=1S/C18H19N3O4/c1-22-15-6-4-13(5-7-15)18-19-14(10-24-18)8-16-20-17(25-21-16)11-23-9-12-2-3-12/h4-7,10,12H,2-3,8-9,11H2,1H3. The fourth-order valence-electron chi connectivity index (χ4n) is 2.43. The molecule has 0 unspecified atom stereocenters. The molecular formula is C18H19N3O4. The molecular weight excluding hydrogens is 322 g/mol. The van der Waals surface area contributed by atoms with Crippen LogP contribution < -0.4 is 4.74 Å². The van der Waals surface area contributed by atoms with Crippen molar-refractivity contribution >= 4 is 0 Å². The number of rotatable bonds is 8. The van der Waals surface area contributed by atoms with Crippen LogP contribution in [-0.2, 0) is 17.8 Å². The second kappa shape index (κ2) is 7.06. The second-order valence-corrected chi connectivity index (χ2v) is 6.11. The molecule has 0 aliphatic heterocycles. The highest BCUT2D eigenvalue weighted by Crippen LogP contribution is 2.29. The van der Waals surface area contributed by atoms with Crippen LogP contribution in [0.15, 0.2) is 39.5 Å². The molecule has 0 amide bonds. The molecule has 2 aromatic heterocycles. The number of benzene rings is 1. The van der Waals surface area contributed by atoms with E-state index in [-0.39, 0.29) is 0 Å². The van der Waals surface area contributed by atoms with Crippen molar-refractivity contribution in [2.75, 3.05) is 13.7 Å². The van der Waals surface area contributed by atoms with E-state index in [1.807, 2.05) is 24.3 Å². The van der Waals surface area contributed by atoms with Gasteiger partial charge in [-0.25, -0.2) is 4.98 Å². The Bertz CT molecular complexity index is 821. The lowest BCUT2D eigenvalue weighted by molar-refractivity contribution is 0.0894. The first-order valence-corrected chi connectivity index (χ1v) is 8.28. The van der Waals surface area contributed by atoms with E-state index >= 15 is 0 Å². The lowest BCUT2D eigenvalue weighted by Crippen LogP contribution is -1.97. The van der Waals surface area contributed by atoms with Gasteiger partial charge in [-0.2, -0.15) is 4.98 Å². The number of hydrogen-bond donors (Lipinski definition) is 0. The Hall–Kier alpha value is -2.67. The minimum absolute atomic E-state index is 0.361. The third-order valence-electron chi connectivity index (χ3n) is 4.01. The second-order valence-electron chi connectivity index (χ2n) is 6.11. The molecule has 7 heteroatoms. The maximum atomic E-state index is 5.55. The van der Waals surface area contributed by atoms with Crippen LogP contribution in [0.25, 0.3) is 11.5 Å². The summed E-state index contributed by atoms with van der Waals surface area (Å²) in [5.74, 6) is 3.12. The average Bonchev–Trinajstić information content (AvgIpc) is 3.16. The number of methoxy groups -OCH3 is 1. The van der Waals surface area contributed by atoms with Crippen molar-refractivity contribution in [2.45, 2.75) is 25.9 Å². The van der Waals surface area contributed by atoms with Gasteiger partial charge < -0.3 is 18.4 Å². The van der Waals surface area contributed by atoms with E-state index in [0.717, 1.165) is 23.6 Å². The van der Waals surface area contributed by atoms with Gasteiger partial charge in [0.1, 0.15) is 18.6 Å². The molecule has 0 saturated heterocycles. The Labute approximate surface area is 145 Å². The van der Waals surface area contributed by atoms with Gasteiger partial charge in [-0.15, -0.1) is 0 Å². The normalized spacial score (nSPS) is 14.0. The van der Waals surface area contributed by atoms with Gasteiger partial charge in [0.25, 0.3) is 5.89 Å². The van der Waals surface area contributed by atoms with Gasteiger partial charge in [-0.1, -0.05) is 5.16 Å². The third kappa shape index (κ3) is 4.06. The molecule has 3 aromatic rings. The first-order valence-electron chi connectivity index (χ1n) is 8.28. The summed E-state index contributed by atoms with van der Waals surface area (Å²) in [5.41, 5.74) is 1.63. The monoisotopic (exact) mass is 341 g/mol. The maximum absolute atomic E-state index is 5.55. The van der Waals surface area contributed by atoms with Crippen LogP contribution in [0.5, 0.6) is 5.75 Å². The van der Waals surface area contributed by atoms with Crippen LogP contribution in [0.3, 0.4) is 0 Å². The number of oxazole rings is 1. The molecule has 1 aromatic carbocycles. The van der Waals surface area contributed by atoms with E-state index in [0.29, 0.717) is 36.6 Å². The van der Waals surface area contributed by atoms with Crippen molar-refractivity contribution in [3.8, 4) is 17.2 Å². The van der Waals surface area contributed by atoms with Gasteiger partial charge in [0.05, 0.1) is 25.8 Å². The number of nitrogens with zero attached hydrogens (tertiary/aromatic N) is 3. The Morgan fingerprint density at radius 2 is 2.00 bits per heavy atom. The molecule has 0 atom stereocenters. The molecule has 1 aliphatic rings. The predicted octanol–water partition coefficient (Wildman–Crippen LogP) is 3.25. The molecule has 130 valence electrons. The van der Waals surface area contributed by atoms with Gasteiger partial charge >= 0.3 is 0 Å². The molecule has 1 saturated carbocycles. The lowest BCUT2D eigenvalue weighted by atomic mass is 10.2. The zero-order chi connectivity index (χ0) is 17.1. The zero-order valence-corrected chi connectivity index (χ0v) is 14.0. The molecule has 2 heterocycles. The van der Waals surface area contributed by atoms with Crippen molar-refractivity contribution in [3.63, 3.8) is 0 Å². The molecule has 1 fully saturated rings. The minimum atomic E-state index is 0.361. The molecule has 0 radical (unpaired) electrons. The van der Waals surface area contributed by atoms with Gasteiger partial charge in [-0.05, 0) is 43.0 Å². The van der Waals surface area contributed by atoms with E-state index in [4.69, 9.17) is 18.4 Å². The summed E-state index contributed by atoms with van der Waals surface area (Å²) in [5, 5.41) is 3.97. The summed E-state index contributed by atoms with van der Waals surface area (Å²) < 4.78 is 21.4. The summed E-state index contributed by atoms with van der Waals surface area (Å²) in [7, 11) is 1.63. The van der Waals surface area contributed by atoms with Crippen molar-refractivity contribution in [3.05, 3.63) is 47.9 Å². The highest BCUT2D eigenvalue weighted by atomic mass is 16.5. The van der Waals surface area contributed by atoms with Crippen LogP contribution in [-0.4, -0.2) is 28.8 Å². The van der Waals surface area contributed by atoms with Gasteiger partial charge in [0.2, 0.25) is 5.89 Å². The summed E-state index contributed by atoms with van der Waals surface area (Å²) in [4.78, 5) is 8.80. The topological polar surface area (TPSA) is 83.4 Å². The van der Waals surface area contributed by atoms with Crippen LogP contribution in [0.4, 0.5) is 0 Å². The Balaban J connectivity index is 1.36. The Morgan fingerprint density at radius 3 is 2.76 bits per heavy atom. The average molecular weight is 341 g/mol. The van der Waals surface area contributed by atoms with Gasteiger partial charge in [0.15, 0.2) is 5.82 Å². The van der Waals surface area contributed by atoms with Gasteiger partial charge in [0, 0.05) is 5.56 Å². The van der Waals surface area contributed by atoms with E-state index in [1.165, 1.54) is 12.8 Å². The fourth-order valence-corrected chi connectivity index (χ4v) is 2.43. The summed E-state index contributed by atoms with van der Waals surface area (Å²) >= 11 is 0. The molecule has 0 bridgehead atoms. The maximum Gasteiger partial charge on any atom is 0.252 e. The van der Waals surface area contributed by atoms with E-state index < -0.39 is 0 Å². The number of hydrogen-bond acceptors (Lipinski definition) is 7. The van der Waals surface area contributed by atoms with Crippen molar-refractivity contribution in [1.29, 1.82) is 0 Å². The van der Waals surface area contributed by atoms with Crippen LogP contribution in [0, 0.1) is 5.92 Å². The summed E-state index contributed by atoms with van der Waals surface area (Å²) in [6.45, 7) is 1.13. The van der Waals surface area contributed by atoms with E-state index in [1.54, 1.807) is 13.4 Å². The molecule has 1 aliphatic carbocycles. The van der Waals surface area contributed by atoms with Gasteiger partial charge in [-0.3, -0.25) is 0 Å². The van der Waals surface area contributed by atoms with Crippen molar-refractivity contribution < 1.29 is 18.4 Å². The van der Waals surface area contributed by atoms with Crippen LogP contribution >= 0.6 is 0 Å². The number of aromatic nitrogens is 3. The first kappa shape index (κ1) is 15.8. The SMILES string of the molecule is COc1ccc(-c2nc(Cc3noc(COCC4CC4)n3)co2)cc1. The molecule has 7 nitrogen and oxygen atoms in total. The highest BCUT2D eigenvalue weighted by Gasteiger charge is 2.21. The fraction of sp³-hybridized carbons (Fsp3) is 0.389. The molecule has 0 N–H and O–H groups in total. The van der Waals surface area contributed by atoms with Crippen molar-refractivity contribution in [2.24, 2.45) is 5.92 Å². The minimum Gasteiger partial charge on any atom is -0.497 e. The van der Waals surface area contributed by atoms with Crippen molar-refractivity contribution in [1.82, 2.24) is 15.1 Å². The van der Waals surface area contributed by atoms with Crippen LogP contribution in [0.1, 0.15) is 30.3 Å². The largest absolute Gasteiger partial charge is 0.497 e. The summed E-state index contributed by atoms with van der Waals surface area (Å²) in [6, 6.07) is 7.54. The van der Waals surface area contributed by atoms with E-state index in [2.05, 4.69) is 15.1 Å².